The van der Waals surface area contributed by atoms with Crippen molar-refractivity contribution in [3.05, 3.63) is 182 Å². The van der Waals surface area contributed by atoms with E-state index in [0.29, 0.717) is 0 Å². The maximum atomic E-state index is 2.42. The van der Waals surface area contributed by atoms with Gasteiger partial charge in [-0.3, -0.25) is 0 Å². The zero-order valence-electron chi connectivity index (χ0n) is 29.1. The van der Waals surface area contributed by atoms with Crippen molar-refractivity contribution in [2.24, 2.45) is 0 Å². The maximum Gasteiger partial charge on any atom is 0.0369 e. The van der Waals surface area contributed by atoms with Crippen LogP contribution in [0.15, 0.2) is 182 Å². The minimum absolute atomic E-state index is 1.25. The van der Waals surface area contributed by atoms with Gasteiger partial charge in [0.1, 0.15) is 0 Å². The van der Waals surface area contributed by atoms with Crippen molar-refractivity contribution in [1.29, 1.82) is 0 Å². The van der Waals surface area contributed by atoms with Gasteiger partial charge in [-0.05, 0) is 101 Å². The summed E-state index contributed by atoms with van der Waals surface area (Å²) in [5.41, 5.74) is 7.65. The number of benzene rings is 10. The van der Waals surface area contributed by atoms with Crippen LogP contribution in [0.2, 0.25) is 0 Å². The quantitative estimate of drug-likeness (QED) is 0.160. The summed E-state index contributed by atoms with van der Waals surface area (Å²) in [5.74, 6) is 0. The molecule has 0 nitrogen and oxygen atoms in total. The van der Waals surface area contributed by atoms with E-state index in [0.717, 1.165) is 0 Å². The van der Waals surface area contributed by atoms with E-state index in [1.54, 1.807) is 0 Å². The van der Waals surface area contributed by atoms with Crippen molar-refractivity contribution in [2.45, 2.75) is 0 Å². The monoisotopic (exact) mass is 718 g/mol. The van der Waals surface area contributed by atoms with Crippen LogP contribution in [0.3, 0.4) is 0 Å². The molecule has 0 spiro atoms. The Balaban J connectivity index is 1.07. The molecule has 0 atom stereocenters. The molecule has 0 saturated heterocycles. The van der Waals surface area contributed by atoms with Gasteiger partial charge in [0.05, 0.1) is 0 Å². The normalized spacial score (nSPS) is 12.1. The standard InChI is InChI=1S/C52H30S2/c1-2-14-33-31(12-1)13-11-22-39(33)51-40-18-5-7-20-42(40)52(43-21-8-6-19-41(43)51)44-27-26-34(35-15-3-4-16-36(35)44)32-24-25-38-46-29-45-37-17-9-10-23-47(37)53-49(45)30-50(46)54-48(38)28-32/h1-30H. The Kier molecular flexibility index (Phi) is 6.48. The molecular formula is C52H30S2. The molecule has 0 radical (unpaired) electrons. The van der Waals surface area contributed by atoms with Crippen LogP contribution in [0.5, 0.6) is 0 Å². The van der Waals surface area contributed by atoms with E-state index in [4.69, 9.17) is 0 Å². The largest absolute Gasteiger partial charge is 0.135 e. The average molecular weight is 719 g/mol. The molecule has 0 N–H and O–H groups in total. The van der Waals surface area contributed by atoms with E-state index >= 15 is 0 Å². The van der Waals surface area contributed by atoms with Crippen LogP contribution in [0, 0.1) is 0 Å². The molecule has 0 saturated carbocycles. The first-order valence-corrected chi connectivity index (χ1v) is 20.1. The van der Waals surface area contributed by atoms with Gasteiger partial charge in [0, 0.05) is 40.3 Å². The Morgan fingerprint density at radius 1 is 0.241 bits per heavy atom. The Hall–Kier alpha value is -6.32. The second-order valence-corrected chi connectivity index (χ2v) is 16.5. The zero-order valence-corrected chi connectivity index (χ0v) is 30.8. The van der Waals surface area contributed by atoms with E-state index in [1.165, 1.54) is 117 Å². The van der Waals surface area contributed by atoms with E-state index in [1.807, 2.05) is 22.7 Å². The van der Waals surface area contributed by atoms with Crippen LogP contribution < -0.4 is 0 Å². The highest BCUT2D eigenvalue weighted by molar-refractivity contribution is 7.28. The fraction of sp³-hybridized carbons (Fsp3) is 0. The summed E-state index contributed by atoms with van der Waals surface area (Å²) < 4.78 is 5.40. The predicted molar refractivity (Wildman–Crippen MR) is 239 cm³/mol. The van der Waals surface area contributed by atoms with Crippen molar-refractivity contribution in [2.75, 3.05) is 0 Å². The van der Waals surface area contributed by atoms with Gasteiger partial charge in [-0.1, -0.05) is 158 Å². The molecule has 0 aliphatic rings. The fourth-order valence-corrected chi connectivity index (χ4v) is 11.5. The molecule has 54 heavy (non-hydrogen) atoms. The summed E-state index contributed by atoms with van der Waals surface area (Å²) in [4.78, 5) is 0. The zero-order chi connectivity index (χ0) is 35.3. The van der Waals surface area contributed by atoms with Crippen LogP contribution in [0.4, 0.5) is 0 Å². The van der Waals surface area contributed by atoms with Gasteiger partial charge in [-0.25, -0.2) is 0 Å². The van der Waals surface area contributed by atoms with E-state index in [2.05, 4.69) is 182 Å². The highest BCUT2D eigenvalue weighted by atomic mass is 32.1. The summed E-state index contributed by atoms with van der Waals surface area (Å²) in [6.45, 7) is 0. The van der Waals surface area contributed by atoms with Crippen LogP contribution in [0.1, 0.15) is 0 Å². The minimum Gasteiger partial charge on any atom is -0.135 e. The van der Waals surface area contributed by atoms with Crippen molar-refractivity contribution < 1.29 is 0 Å². The van der Waals surface area contributed by atoms with Gasteiger partial charge in [-0.2, -0.15) is 0 Å². The molecule has 2 heteroatoms. The van der Waals surface area contributed by atoms with Crippen molar-refractivity contribution in [3.63, 3.8) is 0 Å². The molecule has 0 unspecified atom stereocenters. The first-order chi connectivity index (χ1) is 26.8. The molecular weight excluding hydrogens is 689 g/mol. The summed E-state index contributed by atoms with van der Waals surface area (Å²) in [6, 6.07) is 67.9. The molecule has 2 heterocycles. The van der Waals surface area contributed by atoms with E-state index < -0.39 is 0 Å². The third-order valence-electron chi connectivity index (χ3n) is 11.5. The summed E-state index contributed by atoms with van der Waals surface area (Å²) in [6.07, 6.45) is 0. The Bertz CT molecular complexity index is 3440. The smallest absolute Gasteiger partial charge is 0.0369 e. The van der Waals surface area contributed by atoms with Gasteiger partial charge >= 0.3 is 0 Å². The van der Waals surface area contributed by atoms with Crippen LogP contribution >= 0.6 is 22.7 Å². The lowest BCUT2D eigenvalue weighted by atomic mass is 9.83. The summed E-state index contributed by atoms with van der Waals surface area (Å²) >= 11 is 3.81. The summed E-state index contributed by atoms with van der Waals surface area (Å²) in [5, 5.41) is 15.6. The topological polar surface area (TPSA) is 0 Å². The molecule has 0 fully saturated rings. The molecule has 0 aliphatic heterocycles. The number of hydrogen-bond donors (Lipinski definition) is 0. The Labute approximate surface area is 319 Å². The maximum absolute atomic E-state index is 2.42. The average Bonchev–Trinajstić information content (AvgIpc) is 3.78. The second-order valence-electron chi connectivity index (χ2n) is 14.3. The van der Waals surface area contributed by atoms with E-state index in [9.17, 15) is 0 Å². The SMILES string of the molecule is c1ccc2c(-c3c4ccccc4c(-c4ccc(-c5ccc6c(c5)sc5cc7sc8ccccc8c7cc56)c5ccccc45)c4ccccc34)cccc2c1. The molecule has 250 valence electrons. The minimum atomic E-state index is 1.25. The van der Waals surface area contributed by atoms with Crippen molar-refractivity contribution in [3.8, 4) is 33.4 Å². The first kappa shape index (κ1) is 30.2. The van der Waals surface area contributed by atoms with Crippen LogP contribution in [0.25, 0.3) is 117 Å². The number of fused-ring (bicyclic) bond motifs is 10. The van der Waals surface area contributed by atoms with E-state index in [-0.39, 0.29) is 0 Å². The molecule has 0 amide bonds. The highest BCUT2D eigenvalue weighted by Crippen LogP contribution is 2.48. The molecule has 12 aromatic rings. The van der Waals surface area contributed by atoms with Gasteiger partial charge < -0.3 is 0 Å². The first-order valence-electron chi connectivity index (χ1n) is 18.5. The lowest BCUT2D eigenvalue weighted by Gasteiger charge is -2.20. The number of thiophene rings is 2. The number of rotatable bonds is 3. The van der Waals surface area contributed by atoms with Crippen LogP contribution in [-0.2, 0) is 0 Å². The van der Waals surface area contributed by atoms with Gasteiger partial charge in [0.25, 0.3) is 0 Å². The Morgan fingerprint density at radius 2 is 0.704 bits per heavy atom. The predicted octanol–water partition coefficient (Wildman–Crippen LogP) is 16.0. The Morgan fingerprint density at radius 3 is 1.39 bits per heavy atom. The van der Waals surface area contributed by atoms with Gasteiger partial charge in [0.15, 0.2) is 0 Å². The third kappa shape index (κ3) is 4.36. The molecule has 12 rings (SSSR count). The van der Waals surface area contributed by atoms with Crippen molar-refractivity contribution >= 4 is 106 Å². The lowest BCUT2D eigenvalue weighted by molar-refractivity contribution is 1.67. The molecule has 0 aliphatic carbocycles. The summed E-state index contributed by atoms with van der Waals surface area (Å²) in [7, 11) is 0. The number of hydrogen-bond acceptors (Lipinski definition) is 2. The molecule has 10 aromatic carbocycles. The lowest BCUT2D eigenvalue weighted by Crippen LogP contribution is -1.93. The molecule has 0 bridgehead atoms. The van der Waals surface area contributed by atoms with Crippen LogP contribution in [-0.4, -0.2) is 0 Å². The van der Waals surface area contributed by atoms with Crippen molar-refractivity contribution in [1.82, 2.24) is 0 Å². The highest BCUT2D eigenvalue weighted by Gasteiger charge is 2.20. The third-order valence-corrected chi connectivity index (χ3v) is 13.7. The molecule has 2 aromatic heterocycles. The van der Waals surface area contributed by atoms with Gasteiger partial charge in [0.2, 0.25) is 0 Å². The van der Waals surface area contributed by atoms with Gasteiger partial charge in [-0.15, -0.1) is 22.7 Å². The fourth-order valence-electron chi connectivity index (χ4n) is 9.08. The second kappa shape index (κ2) is 11.6.